The van der Waals surface area contributed by atoms with Crippen LogP contribution in [0.25, 0.3) is 0 Å². The van der Waals surface area contributed by atoms with Gasteiger partial charge in [-0.05, 0) is 62.2 Å². The standard InChI is InChI=1S/C13H7Br2F3O/c14-9-2-3-11(17)8(13(9)18)6-19-12-4-1-7(16)5-10(12)15/h1-5H,6H2. The van der Waals surface area contributed by atoms with Gasteiger partial charge in [0.2, 0.25) is 0 Å². The van der Waals surface area contributed by atoms with E-state index >= 15 is 0 Å². The van der Waals surface area contributed by atoms with Gasteiger partial charge in [0.15, 0.2) is 0 Å². The van der Waals surface area contributed by atoms with Crippen molar-refractivity contribution < 1.29 is 17.9 Å². The molecule has 0 saturated carbocycles. The maximum absolute atomic E-state index is 13.7. The Labute approximate surface area is 124 Å². The first-order valence-electron chi connectivity index (χ1n) is 5.19. The Kier molecular flexibility index (Phi) is 4.52. The van der Waals surface area contributed by atoms with Gasteiger partial charge in [-0.15, -0.1) is 0 Å². The summed E-state index contributed by atoms with van der Waals surface area (Å²) in [5.74, 6) is -1.53. The smallest absolute Gasteiger partial charge is 0.146 e. The highest BCUT2D eigenvalue weighted by Crippen LogP contribution is 2.28. The van der Waals surface area contributed by atoms with Crippen molar-refractivity contribution in [3.63, 3.8) is 0 Å². The van der Waals surface area contributed by atoms with Gasteiger partial charge in [-0.25, -0.2) is 13.2 Å². The molecule has 0 aromatic heterocycles. The number of halogens is 5. The Hall–Kier alpha value is -1.01. The molecular formula is C13H7Br2F3O. The van der Waals surface area contributed by atoms with E-state index in [0.717, 1.165) is 6.07 Å². The monoisotopic (exact) mass is 394 g/mol. The molecule has 2 aromatic carbocycles. The first-order valence-corrected chi connectivity index (χ1v) is 6.78. The van der Waals surface area contributed by atoms with Crippen LogP contribution < -0.4 is 4.74 Å². The van der Waals surface area contributed by atoms with Gasteiger partial charge in [0, 0.05) is 0 Å². The maximum atomic E-state index is 13.7. The highest BCUT2D eigenvalue weighted by molar-refractivity contribution is 9.10. The lowest BCUT2D eigenvalue weighted by Crippen LogP contribution is -2.03. The van der Waals surface area contributed by atoms with Crippen LogP contribution in [0.4, 0.5) is 13.2 Å². The highest BCUT2D eigenvalue weighted by atomic mass is 79.9. The van der Waals surface area contributed by atoms with E-state index in [4.69, 9.17) is 4.74 Å². The minimum Gasteiger partial charge on any atom is -0.487 e. The molecule has 0 aliphatic carbocycles. The first kappa shape index (κ1) is 14.4. The summed E-state index contributed by atoms with van der Waals surface area (Å²) in [6.07, 6.45) is 0. The molecule has 0 N–H and O–H groups in total. The Bertz CT molecular complexity index is 617. The molecule has 19 heavy (non-hydrogen) atoms. The first-order chi connectivity index (χ1) is 8.99. The van der Waals surface area contributed by atoms with Gasteiger partial charge in [-0.3, -0.25) is 0 Å². The van der Waals surface area contributed by atoms with Crippen LogP contribution in [0.5, 0.6) is 5.75 Å². The molecule has 0 saturated heterocycles. The molecule has 0 radical (unpaired) electrons. The van der Waals surface area contributed by atoms with Crippen LogP contribution in [0.2, 0.25) is 0 Å². The number of hydrogen-bond acceptors (Lipinski definition) is 1. The van der Waals surface area contributed by atoms with E-state index in [1.165, 1.54) is 24.3 Å². The second-order valence-electron chi connectivity index (χ2n) is 3.69. The molecule has 0 amide bonds. The SMILES string of the molecule is Fc1ccc(OCc2c(F)ccc(Br)c2F)c(Br)c1. The fourth-order valence-electron chi connectivity index (χ4n) is 1.44. The summed E-state index contributed by atoms with van der Waals surface area (Å²) in [6.45, 7) is -0.290. The van der Waals surface area contributed by atoms with Crippen molar-refractivity contribution in [2.75, 3.05) is 0 Å². The van der Waals surface area contributed by atoms with Gasteiger partial charge in [-0.2, -0.15) is 0 Å². The van der Waals surface area contributed by atoms with Crippen molar-refractivity contribution in [2.45, 2.75) is 6.61 Å². The van der Waals surface area contributed by atoms with Gasteiger partial charge in [-0.1, -0.05) is 0 Å². The normalized spacial score (nSPS) is 10.6. The van der Waals surface area contributed by atoms with Crippen molar-refractivity contribution in [1.29, 1.82) is 0 Å². The van der Waals surface area contributed by atoms with E-state index in [9.17, 15) is 13.2 Å². The number of benzene rings is 2. The van der Waals surface area contributed by atoms with E-state index in [0.29, 0.717) is 10.2 Å². The summed E-state index contributed by atoms with van der Waals surface area (Å²) in [5.41, 5.74) is -0.189. The molecule has 0 bridgehead atoms. The fourth-order valence-corrected chi connectivity index (χ4v) is 2.28. The van der Waals surface area contributed by atoms with E-state index in [-0.39, 0.29) is 16.6 Å². The molecule has 6 heteroatoms. The second kappa shape index (κ2) is 5.96. The zero-order chi connectivity index (χ0) is 14.0. The minimum absolute atomic E-state index is 0.158. The molecule has 0 atom stereocenters. The fraction of sp³-hybridized carbons (Fsp3) is 0.0769. The Morgan fingerprint density at radius 3 is 2.37 bits per heavy atom. The zero-order valence-electron chi connectivity index (χ0n) is 9.39. The average molecular weight is 396 g/mol. The molecule has 2 rings (SSSR count). The minimum atomic E-state index is -0.710. The van der Waals surface area contributed by atoms with Crippen molar-refractivity contribution in [3.8, 4) is 5.75 Å². The van der Waals surface area contributed by atoms with Crippen molar-refractivity contribution in [2.24, 2.45) is 0 Å². The predicted octanol–water partition coefficient (Wildman–Crippen LogP) is 5.21. The van der Waals surface area contributed by atoms with E-state index in [1.807, 2.05) is 0 Å². The quantitative estimate of drug-likeness (QED) is 0.648. The summed E-state index contributed by atoms with van der Waals surface area (Å²) in [4.78, 5) is 0. The molecule has 0 heterocycles. The van der Waals surface area contributed by atoms with E-state index in [2.05, 4.69) is 31.9 Å². The molecule has 2 aromatic rings. The van der Waals surface area contributed by atoms with Crippen LogP contribution in [0.1, 0.15) is 5.56 Å². The number of rotatable bonds is 3. The molecular weight excluding hydrogens is 389 g/mol. The van der Waals surface area contributed by atoms with Crippen LogP contribution in [0.15, 0.2) is 39.3 Å². The van der Waals surface area contributed by atoms with Crippen LogP contribution in [-0.4, -0.2) is 0 Å². The largest absolute Gasteiger partial charge is 0.487 e. The lowest BCUT2D eigenvalue weighted by Gasteiger charge is -2.10. The maximum Gasteiger partial charge on any atom is 0.146 e. The topological polar surface area (TPSA) is 9.23 Å². The average Bonchev–Trinajstić information content (AvgIpc) is 2.36. The molecule has 0 unspecified atom stereocenters. The molecule has 0 spiro atoms. The molecule has 0 fully saturated rings. The highest BCUT2D eigenvalue weighted by Gasteiger charge is 2.13. The van der Waals surface area contributed by atoms with Crippen molar-refractivity contribution in [1.82, 2.24) is 0 Å². The van der Waals surface area contributed by atoms with E-state index in [1.54, 1.807) is 0 Å². The van der Waals surface area contributed by atoms with E-state index < -0.39 is 17.5 Å². The third-order valence-electron chi connectivity index (χ3n) is 2.40. The third kappa shape index (κ3) is 3.30. The van der Waals surface area contributed by atoms with Gasteiger partial charge in [0.05, 0.1) is 14.5 Å². The summed E-state index contributed by atoms with van der Waals surface area (Å²) < 4.78 is 45.9. The molecule has 100 valence electrons. The van der Waals surface area contributed by atoms with Crippen LogP contribution in [0, 0.1) is 17.5 Å². The summed E-state index contributed by atoms with van der Waals surface area (Å²) >= 11 is 6.08. The Morgan fingerprint density at radius 2 is 1.68 bits per heavy atom. The van der Waals surface area contributed by atoms with Crippen molar-refractivity contribution >= 4 is 31.9 Å². The van der Waals surface area contributed by atoms with Gasteiger partial charge in [0.25, 0.3) is 0 Å². The van der Waals surface area contributed by atoms with Crippen molar-refractivity contribution in [3.05, 3.63) is 62.3 Å². The molecule has 0 aliphatic heterocycles. The van der Waals surface area contributed by atoms with Crippen LogP contribution >= 0.6 is 31.9 Å². The van der Waals surface area contributed by atoms with Gasteiger partial charge >= 0.3 is 0 Å². The summed E-state index contributed by atoms with van der Waals surface area (Å²) in [7, 11) is 0. The summed E-state index contributed by atoms with van der Waals surface area (Å²) in [5, 5.41) is 0. The Morgan fingerprint density at radius 1 is 0.947 bits per heavy atom. The second-order valence-corrected chi connectivity index (χ2v) is 5.39. The summed E-state index contributed by atoms with van der Waals surface area (Å²) in [6, 6.07) is 6.22. The molecule has 0 aliphatic rings. The van der Waals surface area contributed by atoms with Gasteiger partial charge in [0.1, 0.15) is 29.8 Å². The lowest BCUT2D eigenvalue weighted by molar-refractivity contribution is 0.290. The predicted molar refractivity (Wildman–Crippen MR) is 72.5 cm³/mol. The van der Waals surface area contributed by atoms with Crippen LogP contribution in [0.3, 0.4) is 0 Å². The number of ether oxygens (including phenoxy) is 1. The number of hydrogen-bond donors (Lipinski definition) is 0. The lowest BCUT2D eigenvalue weighted by atomic mass is 10.2. The zero-order valence-corrected chi connectivity index (χ0v) is 12.6. The third-order valence-corrected chi connectivity index (χ3v) is 3.64. The molecule has 1 nitrogen and oxygen atoms in total. The van der Waals surface area contributed by atoms with Gasteiger partial charge < -0.3 is 4.74 Å². The van der Waals surface area contributed by atoms with Crippen LogP contribution in [-0.2, 0) is 6.61 Å². The Balaban J connectivity index is 2.21.